The summed E-state index contributed by atoms with van der Waals surface area (Å²) in [5, 5.41) is 15.0. The minimum absolute atomic E-state index is 0.0898. The maximum absolute atomic E-state index is 12.3. The Morgan fingerprint density at radius 1 is 1.35 bits per heavy atom. The van der Waals surface area contributed by atoms with E-state index in [0.29, 0.717) is 37.4 Å². The quantitative estimate of drug-likeness (QED) is 0.459. The lowest BCUT2D eigenvalue weighted by molar-refractivity contribution is -0.384. The lowest BCUT2D eigenvalue weighted by atomic mass is 9.96. The minimum atomic E-state index is -0.376. The number of nitrogens with zero attached hydrogens (tertiary/aromatic N) is 3. The molecule has 1 aliphatic rings. The summed E-state index contributed by atoms with van der Waals surface area (Å²) in [6.07, 6.45) is 1.21. The second-order valence-electron chi connectivity index (χ2n) is 6.42. The number of nitro benzene ring substituents is 1. The molecule has 2 heterocycles. The van der Waals surface area contributed by atoms with E-state index in [1.807, 2.05) is 11.8 Å². The molecule has 1 fully saturated rings. The number of ether oxygens (including phenoxy) is 1. The van der Waals surface area contributed by atoms with Crippen molar-refractivity contribution in [3.63, 3.8) is 0 Å². The SMILES string of the molecule is Cc1noc(C)c1COC(=O)C1CCN(c2ccccc2[N+](=O)[O-])CC1. The smallest absolute Gasteiger partial charge is 0.309 e. The first-order valence-electron chi connectivity index (χ1n) is 8.54. The predicted octanol–water partition coefficient (Wildman–Crippen LogP) is 3.16. The Bertz CT molecular complexity index is 789. The van der Waals surface area contributed by atoms with E-state index in [4.69, 9.17) is 9.26 Å². The summed E-state index contributed by atoms with van der Waals surface area (Å²) in [6.45, 7) is 4.91. The largest absolute Gasteiger partial charge is 0.460 e. The van der Waals surface area contributed by atoms with Gasteiger partial charge in [0.25, 0.3) is 5.69 Å². The number of piperidine rings is 1. The van der Waals surface area contributed by atoms with E-state index in [2.05, 4.69) is 5.16 Å². The second-order valence-corrected chi connectivity index (χ2v) is 6.42. The van der Waals surface area contributed by atoms with E-state index >= 15 is 0 Å². The predicted molar refractivity (Wildman–Crippen MR) is 93.8 cm³/mol. The van der Waals surface area contributed by atoms with Gasteiger partial charge in [-0.25, -0.2) is 0 Å². The number of benzene rings is 1. The first kappa shape index (κ1) is 17.9. The van der Waals surface area contributed by atoms with Crippen LogP contribution in [-0.2, 0) is 16.1 Å². The summed E-state index contributed by atoms with van der Waals surface area (Å²) in [5.41, 5.74) is 2.21. The van der Waals surface area contributed by atoms with Crippen molar-refractivity contribution in [3.05, 3.63) is 51.4 Å². The van der Waals surface area contributed by atoms with Gasteiger partial charge < -0.3 is 14.2 Å². The van der Waals surface area contributed by atoms with Gasteiger partial charge in [-0.05, 0) is 32.8 Å². The number of nitro groups is 1. The zero-order chi connectivity index (χ0) is 18.7. The van der Waals surface area contributed by atoms with Crippen molar-refractivity contribution < 1.29 is 19.0 Å². The van der Waals surface area contributed by atoms with Gasteiger partial charge in [-0.1, -0.05) is 17.3 Å². The Morgan fingerprint density at radius 2 is 2.04 bits per heavy atom. The van der Waals surface area contributed by atoms with Crippen LogP contribution in [0.15, 0.2) is 28.8 Å². The fraction of sp³-hybridized carbons (Fsp3) is 0.444. The summed E-state index contributed by atoms with van der Waals surface area (Å²) in [6, 6.07) is 6.68. The number of para-hydroxylation sites is 2. The molecule has 0 aliphatic carbocycles. The number of rotatable bonds is 5. The average Bonchev–Trinajstić information content (AvgIpc) is 2.97. The number of carbonyl (C=O) groups excluding carboxylic acids is 1. The highest BCUT2D eigenvalue weighted by Gasteiger charge is 2.29. The van der Waals surface area contributed by atoms with Crippen molar-refractivity contribution in [1.29, 1.82) is 0 Å². The van der Waals surface area contributed by atoms with E-state index < -0.39 is 0 Å². The third-order valence-electron chi connectivity index (χ3n) is 4.79. The maximum atomic E-state index is 12.3. The van der Waals surface area contributed by atoms with E-state index in [1.54, 1.807) is 25.1 Å². The van der Waals surface area contributed by atoms with E-state index in [0.717, 1.165) is 11.3 Å². The Morgan fingerprint density at radius 3 is 2.65 bits per heavy atom. The molecule has 138 valence electrons. The molecule has 0 atom stereocenters. The van der Waals surface area contributed by atoms with Gasteiger partial charge in [-0.15, -0.1) is 0 Å². The van der Waals surface area contributed by atoms with Crippen molar-refractivity contribution in [3.8, 4) is 0 Å². The molecule has 0 spiro atoms. The first-order valence-corrected chi connectivity index (χ1v) is 8.54. The normalized spacial score (nSPS) is 15.1. The standard InChI is InChI=1S/C18H21N3O5/c1-12-15(13(2)26-19-12)11-25-18(22)14-7-9-20(10-8-14)16-5-3-4-6-17(16)21(23)24/h3-6,14H,7-11H2,1-2H3. The summed E-state index contributed by atoms with van der Waals surface area (Å²) in [7, 11) is 0. The van der Waals surface area contributed by atoms with Gasteiger partial charge in [0.15, 0.2) is 0 Å². The molecule has 0 N–H and O–H groups in total. The molecular formula is C18H21N3O5. The zero-order valence-corrected chi connectivity index (χ0v) is 14.8. The topological polar surface area (TPSA) is 98.7 Å². The van der Waals surface area contributed by atoms with Gasteiger partial charge in [0, 0.05) is 19.2 Å². The van der Waals surface area contributed by atoms with Crippen molar-refractivity contribution in [2.75, 3.05) is 18.0 Å². The number of carbonyl (C=O) groups is 1. The van der Waals surface area contributed by atoms with Crippen LogP contribution in [0.5, 0.6) is 0 Å². The molecule has 0 bridgehead atoms. The van der Waals surface area contributed by atoms with Crippen LogP contribution in [0.3, 0.4) is 0 Å². The first-order chi connectivity index (χ1) is 12.5. The number of hydrogen-bond acceptors (Lipinski definition) is 7. The van der Waals surface area contributed by atoms with Crippen LogP contribution >= 0.6 is 0 Å². The Hall–Kier alpha value is -2.90. The van der Waals surface area contributed by atoms with Crippen molar-refractivity contribution >= 4 is 17.3 Å². The number of aryl methyl sites for hydroxylation is 2. The zero-order valence-electron chi connectivity index (χ0n) is 14.8. The summed E-state index contributed by atoms with van der Waals surface area (Å²) in [5.74, 6) is 0.211. The molecular weight excluding hydrogens is 338 g/mol. The van der Waals surface area contributed by atoms with Gasteiger partial charge in [0.05, 0.1) is 22.1 Å². The van der Waals surface area contributed by atoms with Gasteiger partial charge in [-0.3, -0.25) is 14.9 Å². The highest BCUT2D eigenvalue weighted by Crippen LogP contribution is 2.31. The van der Waals surface area contributed by atoms with E-state index in [1.165, 1.54) is 6.07 Å². The maximum Gasteiger partial charge on any atom is 0.309 e. The van der Waals surface area contributed by atoms with Crippen LogP contribution in [0.2, 0.25) is 0 Å². The Labute approximate surface area is 150 Å². The Balaban J connectivity index is 1.57. The molecule has 0 amide bonds. The molecule has 0 radical (unpaired) electrons. The van der Waals surface area contributed by atoms with Crippen LogP contribution in [0.25, 0.3) is 0 Å². The van der Waals surface area contributed by atoms with Crippen LogP contribution < -0.4 is 4.90 Å². The molecule has 3 rings (SSSR count). The number of esters is 1. The fourth-order valence-electron chi connectivity index (χ4n) is 3.21. The fourth-order valence-corrected chi connectivity index (χ4v) is 3.21. The lowest BCUT2D eigenvalue weighted by Gasteiger charge is -2.32. The number of anilines is 1. The molecule has 1 aromatic carbocycles. The van der Waals surface area contributed by atoms with Gasteiger partial charge in [0.1, 0.15) is 18.1 Å². The highest BCUT2D eigenvalue weighted by atomic mass is 16.6. The molecule has 1 aromatic heterocycles. The third kappa shape index (κ3) is 3.68. The van der Waals surface area contributed by atoms with Crippen molar-refractivity contribution in [2.24, 2.45) is 5.92 Å². The van der Waals surface area contributed by atoms with Crippen molar-refractivity contribution in [1.82, 2.24) is 5.16 Å². The average molecular weight is 359 g/mol. The van der Waals surface area contributed by atoms with E-state index in [9.17, 15) is 14.9 Å². The van der Waals surface area contributed by atoms with Crippen LogP contribution in [0.4, 0.5) is 11.4 Å². The summed E-state index contributed by atoms with van der Waals surface area (Å²) in [4.78, 5) is 25.1. The summed E-state index contributed by atoms with van der Waals surface area (Å²) < 4.78 is 10.5. The van der Waals surface area contributed by atoms with Gasteiger partial charge >= 0.3 is 5.97 Å². The molecule has 8 heteroatoms. The molecule has 8 nitrogen and oxygen atoms in total. The molecule has 1 aliphatic heterocycles. The van der Waals surface area contributed by atoms with Gasteiger partial charge in [-0.2, -0.15) is 0 Å². The van der Waals surface area contributed by atoms with Crippen LogP contribution in [-0.4, -0.2) is 29.1 Å². The number of aromatic nitrogens is 1. The van der Waals surface area contributed by atoms with Crippen LogP contribution in [0.1, 0.15) is 29.9 Å². The Kier molecular flexibility index (Phi) is 5.20. The highest BCUT2D eigenvalue weighted by molar-refractivity contribution is 5.73. The summed E-state index contributed by atoms with van der Waals surface area (Å²) >= 11 is 0. The van der Waals surface area contributed by atoms with Crippen LogP contribution in [0, 0.1) is 29.9 Å². The minimum Gasteiger partial charge on any atom is -0.460 e. The molecule has 0 saturated carbocycles. The van der Waals surface area contributed by atoms with Gasteiger partial charge in [0.2, 0.25) is 0 Å². The second kappa shape index (κ2) is 7.55. The number of hydrogen-bond donors (Lipinski definition) is 0. The monoisotopic (exact) mass is 359 g/mol. The molecule has 26 heavy (non-hydrogen) atoms. The third-order valence-corrected chi connectivity index (χ3v) is 4.79. The van der Waals surface area contributed by atoms with E-state index in [-0.39, 0.29) is 29.1 Å². The lowest BCUT2D eigenvalue weighted by Crippen LogP contribution is -2.37. The molecule has 0 unspecified atom stereocenters. The molecule has 1 saturated heterocycles. The van der Waals surface area contributed by atoms with Crippen molar-refractivity contribution in [2.45, 2.75) is 33.3 Å². The molecule has 2 aromatic rings.